The maximum Gasteiger partial charge on any atom is 0.338 e. The lowest BCUT2D eigenvalue weighted by Crippen LogP contribution is -2.28. The lowest BCUT2D eigenvalue weighted by Gasteiger charge is -2.27. The summed E-state index contributed by atoms with van der Waals surface area (Å²) in [5.41, 5.74) is 0.657. The highest BCUT2D eigenvalue weighted by atomic mass is 19.1. The molecule has 0 bridgehead atoms. The Kier molecular flexibility index (Phi) is 5.87. The van der Waals surface area contributed by atoms with E-state index in [1.807, 2.05) is 40.0 Å². The van der Waals surface area contributed by atoms with Crippen molar-refractivity contribution in [1.29, 1.82) is 0 Å². The maximum atomic E-state index is 16.0. The third kappa shape index (κ3) is 4.42. The third-order valence-electron chi connectivity index (χ3n) is 5.75. The highest BCUT2D eigenvalue weighted by molar-refractivity contribution is 5.89. The molecule has 0 amide bonds. The second kappa shape index (κ2) is 8.02. The van der Waals surface area contributed by atoms with Crippen LogP contribution in [0, 0.1) is 0 Å². The average molecular weight is 387 g/mol. The van der Waals surface area contributed by atoms with Crippen LogP contribution in [-0.2, 0) is 30.3 Å². The van der Waals surface area contributed by atoms with Crippen molar-refractivity contribution in [3.05, 3.63) is 46.8 Å². The zero-order chi connectivity index (χ0) is 20.4. The SMILES string of the molecule is CCC(C)(C)OC(=O)c1ccc(CC2(F)CCCCCc3c2nnn3C)cc1. The minimum Gasteiger partial charge on any atom is -0.456 e. The molecular formula is C22H30FN3O2. The van der Waals surface area contributed by atoms with Crippen LogP contribution in [0.5, 0.6) is 0 Å². The zero-order valence-corrected chi connectivity index (χ0v) is 17.3. The molecule has 1 aromatic carbocycles. The van der Waals surface area contributed by atoms with Gasteiger partial charge in [0.25, 0.3) is 0 Å². The Morgan fingerprint density at radius 1 is 1.25 bits per heavy atom. The number of ether oxygens (including phenoxy) is 1. The standard InChI is InChI=1S/C22H30FN3O2/c1-5-21(2,3)28-20(27)17-12-10-16(11-13-17)15-22(23)14-8-6-7-9-18-19(22)24-25-26(18)4/h10-13H,5-9,14-15H2,1-4H3. The number of hydrogen-bond acceptors (Lipinski definition) is 4. The lowest BCUT2D eigenvalue weighted by molar-refractivity contribution is -0.00243. The van der Waals surface area contributed by atoms with Gasteiger partial charge in [-0.25, -0.2) is 9.18 Å². The third-order valence-corrected chi connectivity index (χ3v) is 5.75. The van der Waals surface area contributed by atoms with Crippen LogP contribution in [-0.4, -0.2) is 26.6 Å². The molecular weight excluding hydrogens is 357 g/mol. The Labute approximate surface area is 166 Å². The quantitative estimate of drug-likeness (QED) is 0.699. The fraction of sp³-hybridized carbons (Fsp3) is 0.591. The van der Waals surface area contributed by atoms with Gasteiger partial charge in [-0.3, -0.25) is 4.68 Å². The van der Waals surface area contributed by atoms with Gasteiger partial charge in [-0.2, -0.15) is 0 Å². The van der Waals surface area contributed by atoms with Gasteiger partial charge in [0.15, 0.2) is 5.67 Å². The predicted octanol–water partition coefficient (Wildman–Crippen LogP) is 4.68. The van der Waals surface area contributed by atoms with Gasteiger partial charge in [0.1, 0.15) is 11.3 Å². The number of esters is 1. The Morgan fingerprint density at radius 3 is 2.64 bits per heavy atom. The van der Waals surface area contributed by atoms with Crippen molar-refractivity contribution in [2.75, 3.05) is 0 Å². The first-order chi connectivity index (χ1) is 13.2. The van der Waals surface area contributed by atoms with Crippen molar-refractivity contribution in [3.63, 3.8) is 0 Å². The molecule has 0 radical (unpaired) electrons. The van der Waals surface area contributed by atoms with E-state index < -0.39 is 11.3 Å². The number of halogens is 1. The van der Waals surface area contributed by atoms with Gasteiger partial charge in [0.2, 0.25) is 0 Å². The van der Waals surface area contributed by atoms with Crippen LogP contribution in [0.25, 0.3) is 0 Å². The molecule has 0 saturated heterocycles. The molecule has 152 valence electrons. The molecule has 1 heterocycles. The molecule has 2 aromatic rings. The molecule has 1 unspecified atom stereocenters. The number of nitrogens with zero attached hydrogens (tertiary/aromatic N) is 3. The van der Waals surface area contributed by atoms with Crippen molar-refractivity contribution in [3.8, 4) is 0 Å². The van der Waals surface area contributed by atoms with E-state index in [0.717, 1.165) is 43.4 Å². The second-order valence-electron chi connectivity index (χ2n) is 8.41. The molecule has 6 heteroatoms. The van der Waals surface area contributed by atoms with Gasteiger partial charge in [0.05, 0.1) is 11.3 Å². The Bertz CT molecular complexity index is 829. The monoisotopic (exact) mass is 387 g/mol. The van der Waals surface area contributed by atoms with Gasteiger partial charge in [0, 0.05) is 13.5 Å². The van der Waals surface area contributed by atoms with E-state index in [4.69, 9.17) is 4.74 Å². The first-order valence-electron chi connectivity index (χ1n) is 10.1. The number of aryl methyl sites for hydroxylation is 1. The molecule has 5 nitrogen and oxygen atoms in total. The van der Waals surface area contributed by atoms with Gasteiger partial charge < -0.3 is 4.74 Å². The minimum atomic E-state index is -1.53. The van der Waals surface area contributed by atoms with Crippen molar-refractivity contribution in [2.45, 2.75) is 77.0 Å². The number of rotatable bonds is 5. The average Bonchev–Trinajstić information content (AvgIpc) is 3.01. The molecule has 1 aromatic heterocycles. The number of benzene rings is 1. The molecule has 28 heavy (non-hydrogen) atoms. The van der Waals surface area contributed by atoms with Gasteiger partial charge in [-0.1, -0.05) is 30.7 Å². The summed E-state index contributed by atoms with van der Waals surface area (Å²) < 4.78 is 23.3. The number of alkyl halides is 1. The molecule has 0 fully saturated rings. The first kappa shape index (κ1) is 20.5. The number of carbonyl (C=O) groups is 1. The van der Waals surface area contributed by atoms with Crippen LogP contribution in [0.3, 0.4) is 0 Å². The summed E-state index contributed by atoms with van der Waals surface area (Å²) in [6.07, 6.45) is 5.10. The molecule has 0 saturated carbocycles. The summed E-state index contributed by atoms with van der Waals surface area (Å²) in [7, 11) is 1.83. The minimum absolute atomic E-state index is 0.231. The van der Waals surface area contributed by atoms with E-state index in [1.54, 1.807) is 16.8 Å². The van der Waals surface area contributed by atoms with E-state index in [2.05, 4.69) is 10.3 Å². The van der Waals surface area contributed by atoms with Gasteiger partial charge in [-0.05, 0) is 63.6 Å². The maximum absolute atomic E-state index is 16.0. The van der Waals surface area contributed by atoms with Crippen LogP contribution < -0.4 is 0 Å². The van der Waals surface area contributed by atoms with Gasteiger partial charge >= 0.3 is 5.97 Å². The van der Waals surface area contributed by atoms with E-state index >= 15 is 4.39 Å². The van der Waals surface area contributed by atoms with Crippen LogP contribution in [0.4, 0.5) is 4.39 Å². The van der Waals surface area contributed by atoms with E-state index in [9.17, 15) is 4.79 Å². The predicted molar refractivity (Wildman–Crippen MR) is 106 cm³/mol. The highest BCUT2D eigenvalue weighted by Gasteiger charge is 2.38. The summed E-state index contributed by atoms with van der Waals surface area (Å²) in [4.78, 5) is 12.3. The number of hydrogen-bond donors (Lipinski definition) is 0. The first-order valence-corrected chi connectivity index (χ1v) is 10.1. The molecule has 1 aliphatic carbocycles. The molecule has 0 aliphatic heterocycles. The zero-order valence-electron chi connectivity index (χ0n) is 17.3. The molecule has 1 atom stereocenters. The van der Waals surface area contributed by atoms with E-state index in [0.29, 0.717) is 17.7 Å². The Balaban J connectivity index is 1.79. The van der Waals surface area contributed by atoms with Gasteiger partial charge in [-0.15, -0.1) is 5.10 Å². The lowest BCUT2D eigenvalue weighted by atomic mass is 9.84. The number of fused-ring (bicyclic) bond motifs is 1. The highest BCUT2D eigenvalue weighted by Crippen LogP contribution is 2.38. The second-order valence-corrected chi connectivity index (χ2v) is 8.41. The summed E-state index contributed by atoms with van der Waals surface area (Å²) >= 11 is 0. The van der Waals surface area contributed by atoms with Crippen molar-refractivity contribution >= 4 is 5.97 Å². The van der Waals surface area contributed by atoms with Crippen LogP contribution in [0.2, 0.25) is 0 Å². The normalized spacial score (nSPS) is 20.2. The Morgan fingerprint density at radius 2 is 1.96 bits per heavy atom. The van der Waals surface area contributed by atoms with Crippen LogP contribution in [0.15, 0.2) is 24.3 Å². The fourth-order valence-corrected chi connectivity index (χ4v) is 3.63. The summed E-state index contributed by atoms with van der Waals surface area (Å²) in [5, 5.41) is 8.23. The molecule has 3 rings (SSSR count). The van der Waals surface area contributed by atoms with Crippen molar-refractivity contribution < 1.29 is 13.9 Å². The fourth-order valence-electron chi connectivity index (χ4n) is 3.63. The van der Waals surface area contributed by atoms with E-state index in [1.165, 1.54) is 0 Å². The smallest absolute Gasteiger partial charge is 0.338 e. The summed E-state index contributed by atoms with van der Waals surface area (Å²) in [6, 6.07) is 7.05. The topological polar surface area (TPSA) is 57.0 Å². The van der Waals surface area contributed by atoms with Crippen molar-refractivity contribution in [1.82, 2.24) is 15.0 Å². The molecule has 0 N–H and O–H groups in total. The largest absolute Gasteiger partial charge is 0.456 e. The summed E-state index contributed by atoms with van der Waals surface area (Å²) in [6.45, 7) is 5.76. The number of aromatic nitrogens is 3. The van der Waals surface area contributed by atoms with Crippen LogP contribution >= 0.6 is 0 Å². The van der Waals surface area contributed by atoms with Crippen molar-refractivity contribution in [2.24, 2.45) is 7.05 Å². The summed E-state index contributed by atoms with van der Waals surface area (Å²) in [5.74, 6) is -0.351. The van der Waals surface area contributed by atoms with Crippen LogP contribution in [0.1, 0.15) is 80.2 Å². The molecule has 1 aliphatic rings. The Hall–Kier alpha value is -2.24. The number of carbonyl (C=O) groups excluding carboxylic acids is 1. The van der Waals surface area contributed by atoms with E-state index in [-0.39, 0.29) is 12.4 Å². The molecule has 0 spiro atoms.